The van der Waals surface area contributed by atoms with Crippen molar-refractivity contribution in [1.29, 1.82) is 0 Å². The van der Waals surface area contributed by atoms with Crippen molar-refractivity contribution in [3.05, 3.63) is 61.6 Å². The van der Waals surface area contributed by atoms with E-state index in [1.165, 1.54) is 21.5 Å². The zero-order chi connectivity index (χ0) is 11.7. The number of benzene rings is 1. The molecular formula is C11H9BrN2O2. The predicted molar refractivity (Wildman–Crippen MR) is 65.0 cm³/mol. The van der Waals surface area contributed by atoms with Crippen LogP contribution in [0.2, 0.25) is 0 Å². The lowest BCUT2D eigenvalue weighted by atomic mass is 10.3. The maximum atomic E-state index is 11.7. The van der Waals surface area contributed by atoms with E-state index in [1.807, 2.05) is 18.2 Å². The third-order valence-electron chi connectivity index (χ3n) is 2.28. The highest BCUT2D eigenvalue weighted by molar-refractivity contribution is 9.10. The first-order valence-electron chi connectivity index (χ1n) is 4.65. The fourth-order valence-electron chi connectivity index (χ4n) is 1.47. The van der Waals surface area contributed by atoms with Crippen molar-refractivity contribution in [2.24, 2.45) is 7.05 Å². The molecule has 0 bridgehead atoms. The maximum absolute atomic E-state index is 11.7. The Labute approximate surface area is 99.9 Å². The highest BCUT2D eigenvalue weighted by Gasteiger charge is 2.06. The number of rotatable bonds is 1. The molecule has 0 atom stereocenters. The molecule has 2 aromatic rings. The molecule has 5 heteroatoms. The fraction of sp³-hybridized carbons (Fsp3) is 0.0909. The summed E-state index contributed by atoms with van der Waals surface area (Å²) in [5.41, 5.74) is 0.178. The summed E-state index contributed by atoms with van der Waals surface area (Å²) in [6, 6.07) is 9.77. The average molecular weight is 281 g/mol. The lowest BCUT2D eigenvalue weighted by Crippen LogP contribution is -2.34. The molecule has 16 heavy (non-hydrogen) atoms. The molecule has 0 aliphatic heterocycles. The van der Waals surface area contributed by atoms with E-state index in [0.29, 0.717) is 5.69 Å². The number of hydrogen-bond donors (Lipinski definition) is 0. The first-order chi connectivity index (χ1) is 7.61. The largest absolute Gasteiger partial charge is 0.270 e. The first kappa shape index (κ1) is 10.9. The summed E-state index contributed by atoms with van der Waals surface area (Å²) in [6.45, 7) is 0. The second-order valence-electron chi connectivity index (χ2n) is 3.30. The molecule has 2 rings (SSSR count). The summed E-state index contributed by atoms with van der Waals surface area (Å²) in [5.74, 6) is 0. The molecule has 0 spiro atoms. The Morgan fingerprint density at radius 1 is 1.00 bits per heavy atom. The summed E-state index contributed by atoms with van der Waals surface area (Å²) < 4.78 is 3.37. The van der Waals surface area contributed by atoms with Gasteiger partial charge in [-0.1, -0.05) is 12.1 Å². The first-order valence-corrected chi connectivity index (χ1v) is 5.45. The van der Waals surface area contributed by atoms with E-state index in [2.05, 4.69) is 15.9 Å². The van der Waals surface area contributed by atoms with Crippen molar-refractivity contribution in [2.45, 2.75) is 0 Å². The smallest absolute Gasteiger partial charge is 0.268 e. The van der Waals surface area contributed by atoms with E-state index in [1.54, 1.807) is 13.1 Å². The van der Waals surface area contributed by atoms with Crippen LogP contribution in [0, 0.1) is 0 Å². The Morgan fingerprint density at radius 2 is 1.62 bits per heavy atom. The normalized spacial score (nSPS) is 10.4. The van der Waals surface area contributed by atoms with E-state index in [4.69, 9.17) is 0 Å². The molecule has 1 aromatic carbocycles. The van der Waals surface area contributed by atoms with E-state index in [-0.39, 0.29) is 11.1 Å². The van der Waals surface area contributed by atoms with Crippen LogP contribution in [0.5, 0.6) is 0 Å². The van der Waals surface area contributed by atoms with Gasteiger partial charge in [0.1, 0.15) is 0 Å². The van der Waals surface area contributed by atoms with Gasteiger partial charge in [-0.2, -0.15) is 0 Å². The van der Waals surface area contributed by atoms with Crippen LogP contribution in [-0.2, 0) is 7.05 Å². The summed E-state index contributed by atoms with van der Waals surface area (Å²) >= 11 is 3.35. The molecule has 0 aliphatic carbocycles. The zero-order valence-electron chi connectivity index (χ0n) is 8.55. The molecule has 0 radical (unpaired) electrons. The number of halogens is 1. The monoisotopic (exact) mass is 280 g/mol. The lowest BCUT2D eigenvalue weighted by Gasteiger charge is -2.11. The minimum absolute atomic E-state index is 0.227. The van der Waals surface area contributed by atoms with Crippen LogP contribution in [0.15, 0.2) is 50.5 Å². The Bertz CT molecular complexity index is 643. The van der Waals surface area contributed by atoms with Gasteiger partial charge in [0, 0.05) is 23.7 Å². The third kappa shape index (κ3) is 1.74. The van der Waals surface area contributed by atoms with Crippen molar-refractivity contribution in [3.63, 3.8) is 0 Å². The summed E-state index contributed by atoms with van der Waals surface area (Å²) in [4.78, 5) is 23.2. The molecule has 4 nitrogen and oxygen atoms in total. The molecule has 0 unspecified atom stereocenters. The highest BCUT2D eigenvalue weighted by Crippen LogP contribution is 2.17. The number of aromatic nitrogens is 2. The minimum Gasteiger partial charge on any atom is -0.268 e. The van der Waals surface area contributed by atoms with Gasteiger partial charge in [0.05, 0.1) is 5.69 Å². The van der Waals surface area contributed by atoms with E-state index < -0.39 is 0 Å². The lowest BCUT2D eigenvalue weighted by molar-refractivity contribution is 0.592. The van der Waals surface area contributed by atoms with Gasteiger partial charge < -0.3 is 0 Å². The minimum atomic E-state index is -0.242. The van der Waals surface area contributed by atoms with Crippen LogP contribution < -0.4 is 11.1 Å². The van der Waals surface area contributed by atoms with Crippen LogP contribution in [0.4, 0.5) is 0 Å². The Balaban J connectivity index is 2.85. The second-order valence-corrected chi connectivity index (χ2v) is 4.15. The summed E-state index contributed by atoms with van der Waals surface area (Å²) in [7, 11) is 1.56. The highest BCUT2D eigenvalue weighted by atomic mass is 79.9. The van der Waals surface area contributed by atoms with Crippen molar-refractivity contribution < 1.29 is 0 Å². The Morgan fingerprint density at radius 3 is 2.31 bits per heavy atom. The molecular weight excluding hydrogens is 272 g/mol. The number of hydrogen-bond acceptors (Lipinski definition) is 2. The van der Waals surface area contributed by atoms with Gasteiger partial charge >= 0.3 is 0 Å². The van der Waals surface area contributed by atoms with Gasteiger partial charge in [0.15, 0.2) is 0 Å². The quantitative estimate of drug-likeness (QED) is 0.790. The van der Waals surface area contributed by atoms with Crippen LogP contribution in [0.3, 0.4) is 0 Å². The van der Waals surface area contributed by atoms with Crippen molar-refractivity contribution in [3.8, 4) is 5.69 Å². The third-order valence-corrected chi connectivity index (χ3v) is 2.95. The molecule has 0 saturated carbocycles. The molecule has 0 fully saturated rings. The zero-order valence-corrected chi connectivity index (χ0v) is 10.1. The predicted octanol–water partition coefficient (Wildman–Crippen LogP) is 1.30. The Hall–Kier alpha value is -1.62. The van der Waals surface area contributed by atoms with Gasteiger partial charge in [0.25, 0.3) is 11.1 Å². The van der Waals surface area contributed by atoms with Gasteiger partial charge in [-0.3, -0.25) is 9.59 Å². The molecule has 0 aliphatic rings. The summed E-state index contributed by atoms with van der Waals surface area (Å²) in [5, 5.41) is 0. The van der Waals surface area contributed by atoms with Crippen LogP contribution >= 0.6 is 15.9 Å². The molecule has 0 amide bonds. The van der Waals surface area contributed by atoms with E-state index >= 15 is 0 Å². The topological polar surface area (TPSA) is 44.0 Å². The van der Waals surface area contributed by atoms with Gasteiger partial charge in [0.2, 0.25) is 0 Å². The molecule has 0 N–H and O–H groups in total. The number of nitrogens with zero attached hydrogens (tertiary/aromatic N) is 2. The van der Waals surface area contributed by atoms with Gasteiger partial charge in [-0.05, 0) is 28.1 Å². The van der Waals surface area contributed by atoms with Crippen LogP contribution in [0.25, 0.3) is 5.69 Å². The van der Waals surface area contributed by atoms with Crippen LogP contribution in [0.1, 0.15) is 0 Å². The molecule has 1 heterocycles. The standard InChI is InChI=1S/C11H9BrN2O2/c1-13-10(15)6-7-11(16)14(13)9-5-3-2-4-8(9)12/h2-7H,1H3. The van der Waals surface area contributed by atoms with Gasteiger partial charge in [-0.15, -0.1) is 0 Å². The summed E-state index contributed by atoms with van der Waals surface area (Å²) in [6.07, 6.45) is 0. The average Bonchev–Trinajstić information content (AvgIpc) is 2.27. The Kier molecular flexibility index (Phi) is 2.78. The maximum Gasteiger partial charge on any atom is 0.270 e. The van der Waals surface area contributed by atoms with Crippen LogP contribution in [-0.4, -0.2) is 9.36 Å². The van der Waals surface area contributed by atoms with Crippen molar-refractivity contribution >= 4 is 15.9 Å². The molecule has 1 aromatic heterocycles. The van der Waals surface area contributed by atoms with E-state index in [9.17, 15) is 9.59 Å². The second kappa shape index (κ2) is 4.09. The SMILES string of the molecule is Cn1c(=O)ccc(=O)n1-c1ccccc1Br. The van der Waals surface area contributed by atoms with Gasteiger partial charge in [-0.25, -0.2) is 9.36 Å². The van der Waals surface area contributed by atoms with Crippen molar-refractivity contribution in [2.75, 3.05) is 0 Å². The fourth-order valence-corrected chi connectivity index (χ4v) is 1.92. The molecule has 0 saturated heterocycles. The molecule has 82 valence electrons. The number of para-hydroxylation sites is 1. The van der Waals surface area contributed by atoms with Crippen molar-refractivity contribution in [1.82, 2.24) is 9.36 Å². The van der Waals surface area contributed by atoms with E-state index in [0.717, 1.165) is 4.47 Å².